The zero-order valence-corrected chi connectivity index (χ0v) is 16.9. The zero-order chi connectivity index (χ0) is 19.2. The zero-order valence-electron chi connectivity index (χ0n) is 14.6. The van der Waals surface area contributed by atoms with Gasteiger partial charge < -0.3 is 14.8 Å². The summed E-state index contributed by atoms with van der Waals surface area (Å²) in [5, 5.41) is 4.98. The first kappa shape index (κ1) is 19.7. The highest BCUT2D eigenvalue weighted by Gasteiger charge is 2.11. The van der Waals surface area contributed by atoms with Gasteiger partial charge in [-0.25, -0.2) is 0 Å². The summed E-state index contributed by atoms with van der Waals surface area (Å²) in [7, 11) is 1.60. The van der Waals surface area contributed by atoms with Crippen molar-refractivity contribution in [2.75, 3.05) is 12.4 Å². The molecule has 0 bridgehead atoms. The van der Waals surface area contributed by atoms with Gasteiger partial charge in [0.1, 0.15) is 6.61 Å². The van der Waals surface area contributed by atoms with E-state index in [-0.39, 0.29) is 0 Å². The number of halogens is 3. The highest BCUT2D eigenvalue weighted by Crippen LogP contribution is 2.34. The van der Waals surface area contributed by atoms with Gasteiger partial charge >= 0.3 is 0 Å². The number of methoxy groups -OCH3 is 1. The summed E-state index contributed by atoms with van der Waals surface area (Å²) in [4.78, 5) is 0. The maximum atomic E-state index is 6.44. The normalized spacial score (nSPS) is 10.5. The van der Waals surface area contributed by atoms with Gasteiger partial charge in [0, 0.05) is 33.4 Å². The van der Waals surface area contributed by atoms with E-state index in [1.54, 1.807) is 31.4 Å². The number of hydrogen-bond donors (Lipinski definition) is 1. The summed E-state index contributed by atoms with van der Waals surface area (Å²) < 4.78 is 11.3. The van der Waals surface area contributed by atoms with Crippen molar-refractivity contribution < 1.29 is 9.47 Å². The molecule has 0 aliphatic heterocycles. The molecule has 0 amide bonds. The van der Waals surface area contributed by atoms with Crippen LogP contribution in [0.3, 0.4) is 0 Å². The van der Waals surface area contributed by atoms with Gasteiger partial charge in [0.25, 0.3) is 0 Å². The fourth-order valence-electron chi connectivity index (χ4n) is 2.57. The van der Waals surface area contributed by atoms with E-state index < -0.39 is 0 Å². The fraction of sp³-hybridized carbons (Fsp3) is 0.143. The molecule has 0 spiro atoms. The summed E-state index contributed by atoms with van der Waals surface area (Å²) in [6.45, 7) is 0.928. The molecule has 0 heterocycles. The molecule has 0 unspecified atom stereocenters. The van der Waals surface area contributed by atoms with Crippen LogP contribution in [0.2, 0.25) is 15.1 Å². The van der Waals surface area contributed by atoms with Crippen LogP contribution in [-0.4, -0.2) is 7.11 Å². The fourth-order valence-corrected chi connectivity index (χ4v) is 3.32. The van der Waals surface area contributed by atoms with Crippen LogP contribution in [0.25, 0.3) is 0 Å². The third kappa shape index (κ3) is 5.46. The maximum Gasteiger partial charge on any atom is 0.163 e. The van der Waals surface area contributed by atoms with Crippen LogP contribution in [0.4, 0.5) is 5.69 Å². The highest BCUT2D eigenvalue weighted by molar-refractivity contribution is 6.35. The number of anilines is 1. The van der Waals surface area contributed by atoms with E-state index in [0.717, 1.165) is 16.8 Å². The largest absolute Gasteiger partial charge is 0.493 e. The Bertz CT molecular complexity index is 897. The molecule has 0 aliphatic rings. The standard InChI is InChI=1S/C21H18Cl3NO2/c1-26-20-7-15(12-25-18-9-16(22)8-17(23)10-18)19(24)11-21(20)27-13-14-5-3-2-4-6-14/h2-11,25H,12-13H2,1H3. The van der Waals surface area contributed by atoms with Crippen molar-refractivity contribution in [3.05, 3.63) is 86.9 Å². The molecule has 1 N–H and O–H groups in total. The van der Waals surface area contributed by atoms with Gasteiger partial charge in [0.05, 0.1) is 7.11 Å². The number of rotatable bonds is 7. The maximum absolute atomic E-state index is 6.44. The third-order valence-electron chi connectivity index (χ3n) is 3.92. The van der Waals surface area contributed by atoms with Crippen LogP contribution in [0, 0.1) is 0 Å². The van der Waals surface area contributed by atoms with Crippen LogP contribution in [0.1, 0.15) is 11.1 Å². The second-order valence-electron chi connectivity index (χ2n) is 5.88. The second kappa shape index (κ2) is 9.23. The Labute approximate surface area is 173 Å². The average Bonchev–Trinajstić information content (AvgIpc) is 2.65. The summed E-state index contributed by atoms with van der Waals surface area (Å²) in [6.07, 6.45) is 0. The first-order chi connectivity index (χ1) is 13.0. The van der Waals surface area contributed by atoms with Crippen molar-refractivity contribution in [1.82, 2.24) is 0 Å². The molecule has 27 heavy (non-hydrogen) atoms. The van der Waals surface area contributed by atoms with E-state index in [4.69, 9.17) is 44.3 Å². The lowest BCUT2D eigenvalue weighted by Gasteiger charge is -2.15. The van der Waals surface area contributed by atoms with E-state index in [1.807, 2.05) is 36.4 Å². The molecule has 3 nitrogen and oxygen atoms in total. The molecule has 0 saturated carbocycles. The Morgan fingerprint density at radius 1 is 0.852 bits per heavy atom. The van der Waals surface area contributed by atoms with Gasteiger partial charge in [-0.15, -0.1) is 0 Å². The first-order valence-electron chi connectivity index (χ1n) is 8.28. The van der Waals surface area contributed by atoms with Crippen molar-refractivity contribution in [2.45, 2.75) is 13.2 Å². The minimum absolute atomic E-state index is 0.437. The van der Waals surface area contributed by atoms with Crippen LogP contribution < -0.4 is 14.8 Å². The minimum Gasteiger partial charge on any atom is -0.493 e. The molecule has 0 saturated heterocycles. The Morgan fingerprint density at radius 2 is 1.56 bits per heavy atom. The number of benzene rings is 3. The van der Waals surface area contributed by atoms with E-state index in [2.05, 4.69) is 5.32 Å². The molecule has 0 aromatic heterocycles. The topological polar surface area (TPSA) is 30.5 Å². The highest BCUT2D eigenvalue weighted by atomic mass is 35.5. The van der Waals surface area contributed by atoms with Crippen molar-refractivity contribution in [2.24, 2.45) is 0 Å². The van der Waals surface area contributed by atoms with Crippen LogP contribution in [-0.2, 0) is 13.2 Å². The summed E-state index contributed by atoms with van der Waals surface area (Å²) in [6, 6.07) is 18.8. The first-order valence-corrected chi connectivity index (χ1v) is 9.41. The molecule has 6 heteroatoms. The van der Waals surface area contributed by atoms with Gasteiger partial charge in [0.15, 0.2) is 11.5 Å². The smallest absolute Gasteiger partial charge is 0.163 e. The van der Waals surface area contributed by atoms with Crippen molar-refractivity contribution in [1.29, 1.82) is 0 Å². The molecule has 3 aromatic rings. The molecule has 3 aromatic carbocycles. The Morgan fingerprint density at radius 3 is 2.22 bits per heavy atom. The number of ether oxygens (including phenoxy) is 2. The SMILES string of the molecule is COc1cc(CNc2cc(Cl)cc(Cl)c2)c(Cl)cc1OCc1ccccc1. The molecule has 140 valence electrons. The van der Waals surface area contributed by atoms with Crippen LogP contribution in [0.15, 0.2) is 60.7 Å². The lowest BCUT2D eigenvalue weighted by Crippen LogP contribution is -2.03. The lowest BCUT2D eigenvalue weighted by atomic mass is 10.2. The molecule has 0 fully saturated rings. The Hall–Kier alpha value is -2.07. The summed E-state index contributed by atoms with van der Waals surface area (Å²) in [5.41, 5.74) is 2.75. The van der Waals surface area contributed by atoms with E-state index in [9.17, 15) is 0 Å². The molecule has 0 aliphatic carbocycles. The van der Waals surface area contributed by atoms with Gasteiger partial charge in [-0.05, 0) is 35.4 Å². The average molecular weight is 423 g/mol. The second-order valence-corrected chi connectivity index (χ2v) is 7.16. The van der Waals surface area contributed by atoms with Crippen molar-refractivity contribution in [3.63, 3.8) is 0 Å². The predicted octanol–water partition coefficient (Wildman–Crippen LogP) is 6.85. The number of nitrogens with one attached hydrogen (secondary N) is 1. The van der Waals surface area contributed by atoms with Gasteiger partial charge in [-0.2, -0.15) is 0 Å². The number of hydrogen-bond acceptors (Lipinski definition) is 3. The molecular weight excluding hydrogens is 405 g/mol. The molecular formula is C21H18Cl3NO2. The van der Waals surface area contributed by atoms with Gasteiger partial charge in [-0.3, -0.25) is 0 Å². The molecule has 0 radical (unpaired) electrons. The molecule has 0 atom stereocenters. The minimum atomic E-state index is 0.437. The van der Waals surface area contributed by atoms with E-state index in [0.29, 0.717) is 39.7 Å². The van der Waals surface area contributed by atoms with Crippen molar-refractivity contribution >= 4 is 40.5 Å². The van der Waals surface area contributed by atoms with E-state index >= 15 is 0 Å². The molecule has 3 rings (SSSR count). The quantitative estimate of drug-likeness (QED) is 0.452. The monoisotopic (exact) mass is 421 g/mol. The summed E-state index contributed by atoms with van der Waals surface area (Å²) in [5.74, 6) is 1.22. The Kier molecular flexibility index (Phi) is 6.73. The van der Waals surface area contributed by atoms with Crippen molar-refractivity contribution in [3.8, 4) is 11.5 Å². The Balaban J connectivity index is 1.73. The van der Waals surface area contributed by atoms with Crippen LogP contribution in [0.5, 0.6) is 11.5 Å². The van der Waals surface area contributed by atoms with E-state index in [1.165, 1.54) is 0 Å². The third-order valence-corrected chi connectivity index (χ3v) is 4.70. The van der Waals surface area contributed by atoms with Crippen LogP contribution >= 0.6 is 34.8 Å². The van der Waals surface area contributed by atoms with Gasteiger partial charge in [-0.1, -0.05) is 65.1 Å². The summed E-state index contributed by atoms with van der Waals surface area (Å²) >= 11 is 18.5. The lowest BCUT2D eigenvalue weighted by molar-refractivity contribution is 0.284. The van der Waals surface area contributed by atoms with Gasteiger partial charge in [0.2, 0.25) is 0 Å². The predicted molar refractivity (Wildman–Crippen MR) is 113 cm³/mol.